The molecular formula is C17H15BrN2O. The fraction of sp³-hybridized carbons (Fsp3) is 0.235. The number of hydroxylamine groups is 2. The van der Waals surface area contributed by atoms with Gasteiger partial charge in [-0.2, -0.15) is 10.3 Å². The van der Waals surface area contributed by atoms with E-state index in [1.165, 1.54) is 0 Å². The minimum absolute atomic E-state index is 0.0241. The lowest BCUT2D eigenvalue weighted by molar-refractivity contribution is -0.157. The van der Waals surface area contributed by atoms with Gasteiger partial charge in [0.1, 0.15) is 0 Å². The Morgan fingerprint density at radius 2 is 1.67 bits per heavy atom. The standard InChI is InChI=1S/C17H15BrN2O/c18-16-15(11-19)21-20(12-13-7-3-1-4-8-13)17(16)14-9-5-2-6-10-14/h1-10,15-17H,12H2/t15-,16-,17-/m0/s1. The van der Waals surface area contributed by atoms with Crippen LogP contribution in [0.1, 0.15) is 17.2 Å². The molecule has 3 rings (SSSR count). The molecule has 21 heavy (non-hydrogen) atoms. The lowest BCUT2D eigenvalue weighted by Crippen LogP contribution is -2.24. The fourth-order valence-electron chi connectivity index (χ4n) is 2.59. The molecule has 2 aromatic carbocycles. The van der Waals surface area contributed by atoms with Crippen molar-refractivity contribution in [3.05, 3.63) is 71.8 Å². The molecule has 0 N–H and O–H groups in total. The van der Waals surface area contributed by atoms with Crippen LogP contribution in [0, 0.1) is 11.3 Å². The highest BCUT2D eigenvalue weighted by atomic mass is 79.9. The summed E-state index contributed by atoms with van der Waals surface area (Å²) in [5, 5.41) is 11.2. The largest absolute Gasteiger partial charge is 0.278 e. The molecule has 0 amide bonds. The Morgan fingerprint density at radius 3 is 2.29 bits per heavy atom. The summed E-state index contributed by atoms with van der Waals surface area (Å²) in [6, 6.07) is 22.5. The first-order valence-corrected chi connectivity index (χ1v) is 7.77. The van der Waals surface area contributed by atoms with E-state index in [-0.39, 0.29) is 10.9 Å². The molecule has 0 radical (unpaired) electrons. The zero-order valence-corrected chi connectivity index (χ0v) is 13.0. The maximum absolute atomic E-state index is 9.25. The van der Waals surface area contributed by atoms with E-state index in [9.17, 15) is 5.26 Å². The molecule has 1 aliphatic heterocycles. The smallest absolute Gasteiger partial charge is 0.179 e. The summed E-state index contributed by atoms with van der Waals surface area (Å²) in [6.45, 7) is 0.653. The van der Waals surface area contributed by atoms with Gasteiger partial charge in [-0.15, -0.1) is 0 Å². The second-order valence-corrected chi connectivity index (χ2v) is 6.07. The van der Waals surface area contributed by atoms with Gasteiger partial charge in [-0.1, -0.05) is 76.6 Å². The number of hydrogen-bond acceptors (Lipinski definition) is 3. The Labute approximate surface area is 132 Å². The summed E-state index contributed by atoms with van der Waals surface area (Å²) < 4.78 is 0. The average Bonchev–Trinajstić information content (AvgIpc) is 2.85. The maximum atomic E-state index is 9.25. The first kappa shape index (κ1) is 14.3. The molecule has 0 aliphatic carbocycles. The molecule has 0 unspecified atom stereocenters. The van der Waals surface area contributed by atoms with Crippen molar-refractivity contribution in [2.45, 2.75) is 23.5 Å². The molecule has 1 fully saturated rings. The summed E-state index contributed by atoms with van der Waals surface area (Å²) in [4.78, 5) is 5.77. The van der Waals surface area contributed by atoms with Gasteiger partial charge in [0.2, 0.25) is 0 Å². The molecular weight excluding hydrogens is 328 g/mol. The van der Waals surface area contributed by atoms with Gasteiger partial charge in [0, 0.05) is 6.54 Å². The molecule has 0 aromatic heterocycles. The van der Waals surface area contributed by atoms with Crippen LogP contribution in [-0.2, 0) is 11.4 Å². The fourth-order valence-corrected chi connectivity index (χ4v) is 3.37. The predicted octanol–water partition coefficient (Wildman–Crippen LogP) is 3.83. The van der Waals surface area contributed by atoms with Crippen molar-refractivity contribution < 1.29 is 4.84 Å². The number of halogens is 1. The van der Waals surface area contributed by atoms with Crippen molar-refractivity contribution in [3.63, 3.8) is 0 Å². The maximum Gasteiger partial charge on any atom is 0.179 e. The van der Waals surface area contributed by atoms with E-state index in [0.29, 0.717) is 6.54 Å². The molecule has 0 spiro atoms. The molecule has 1 heterocycles. The molecule has 0 bridgehead atoms. The van der Waals surface area contributed by atoms with Gasteiger partial charge in [0.15, 0.2) is 6.10 Å². The number of hydrogen-bond donors (Lipinski definition) is 0. The third-order valence-corrected chi connectivity index (χ3v) is 4.58. The van der Waals surface area contributed by atoms with E-state index in [1.807, 2.05) is 41.5 Å². The van der Waals surface area contributed by atoms with Crippen molar-refractivity contribution in [2.24, 2.45) is 0 Å². The summed E-state index contributed by atoms with van der Waals surface area (Å²) in [7, 11) is 0. The van der Waals surface area contributed by atoms with Crippen molar-refractivity contribution in [1.29, 1.82) is 5.26 Å². The Morgan fingerprint density at radius 1 is 1.05 bits per heavy atom. The van der Waals surface area contributed by atoms with Crippen molar-refractivity contribution in [1.82, 2.24) is 5.06 Å². The van der Waals surface area contributed by atoms with Crippen LogP contribution in [0.3, 0.4) is 0 Å². The molecule has 106 valence electrons. The van der Waals surface area contributed by atoms with Gasteiger partial charge < -0.3 is 0 Å². The molecule has 1 saturated heterocycles. The molecule has 1 aliphatic rings. The van der Waals surface area contributed by atoms with Gasteiger partial charge in [0.05, 0.1) is 16.9 Å². The van der Waals surface area contributed by atoms with Crippen LogP contribution in [0.5, 0.6) is 0 Å². The first-order chi connectivity index (χ1) is 10.3. The van der Waals surface area contributed by atoms with E-state index in [2.05, 4.69) is 46.3 Å². The molecule has 3 nitrogen and oxygen atoms in total. The van der Waals surface area contributed by atoms with Crippen LogP contribution in [0.4, 0.5) is 0 Å². The topological polar surface area (TPSA) is 36.3 Å². The zero-order chi connectivity index (χ0) is 14.7. The van der Waals surface area contributed by atoms with E-state index >= 15 is 0 Å². The molecule has 3 atom stereocenters. The highest BCUT2D eigenvalue weighted by molar-refractivity contribution is 9.09. The van der Waals surface area contributed by atoms with Crippen molar-refractivity contribution in [3.8, 4) is 6.07 Å². The monoisotopic (exact) mass is 342 g/mol. The van der Waals surface area contributed by atoms with Gasteiger partial charge in [-0.25, -0.2) is 0 Å². The van der Waals surface area contributed by atoms with Gasteiger partial charge in [-0.3, -0.25) is 4.84 Å². The summed E-state index contributed by atoms with van der Waals surface area (Å²) in [5.41, 5.74) is 2.31. The van der Waals surface area contributed by atoms with E-state index in [4.69, 9.17) is 4.84 Å². The zero-order valence-electron chi connectivity index (χ0n) is 11.4. The van der Waals surface area contributed by atoms with Crippen LogP contribution < -0.4 is 0 Å². The van der Waals surface area contributed by atoms with Gasteiger partial charge in [-0.05, 0) is 11.1 Å². The lowest BCUT2D eigenvalue weighted by atomic mass is 10.0. The van der Waals surface area contributed by atoms with Gasteiger partial charge >= 0.3 is 0 Å². The number of alkyl halides is 1. The predicted molar refractivity (Wildman–Crippen MR) is 84.4 cm³/mol. The van der Waals surface area contributed by atoms with Crippen molar-refractivity contribution >= 4 is 15.9 Å². The van der Waals surface area contributed by atoms with E-state index in [0.717, 1.165) is 11.1 Å². The minimum atomic E-state index is -0.473. The quantitative estimate of drug-likeness (QED) is 0.795. The Hall–Kier alpha value is -1.67. The lowest BCUT2D eigenvalue weighted by Gasteiger charge is -2.24. The Balaban J connectivity index is 1.88. The first-order valence-electron chi connectivity index (χ1n) is 6.85. The summed E-state index contributed by atoms with van der Waals surface area (Å²) >= 11 is 3.63. The second-order valence-electron chi connectivity index (χ2n) is 5.02. The van der Waals surface area contributed by atoms with Crippen LogP contribution in [0.2, 0.25) is 0 Å². The number of nitriles is 1. The highest BCUT2D eigenvalue weighted by Gasteiger charge is 2.42. The third kappa shape index (κ3) is 3.01. The molecule has 0 saturated carbocycles. The van der Waals surface area contributed by atoms with Crippen LogP contribution in [-0.4, -0.2) is 16.0 Å². The van der Waals surface area contributed by atoms with E-state index < -0.39 is 6.10 Å². The summed E-state index contributed by atoms with van der Waals surface area (Å²) in [6.07, 6.45) is -0.473. The van der Waals surface area contributed by atoms with Crippen LogP contribution >= 0.6 is 15.9 Å². The Bertz CT molecular complexity index is 626. The van der Waals surface area contributed by atoms with E-state index in [1.54, 1.807) is 0 Å². The average molecular weight is 343 g/mol. The Kier molecular flexibility index (Phi) is 4.35. The molecule has 2 aromatic rings. The van der Waals surface area contributed by atoms with Crippen molar-refractivity contribution in [2.75, 3.05) is 0 Å². The molecule has 4 heteroatoms. The van der Waals surface area contributed by atoms with Gasteiger partial charge in [0.25, 0.3) is 0 Å². The number of rotatable bonds is 3. The normalized spacial score (nSPS) is 25.6. The van der Waals surface area contributed by atoms with Crippen LogP contribution in [0.25, 0.3) is 0 Å². The third-order valence-electron chi connectivity index (χ3n) is 3.60. The minimum Gasteiger partial charge on any atom is -0.278 e. The number of nitrogens with zero attached hydrogens (tertiary/aromatic N) is 2. The van der Waals surface area contributed by atoms with Crippen LogP contribution in [0.15, 0.2) is 60.7 Å². The highest BCUT2D eigenvalue weighted by Crippen LogP contribution is 2.39. The summed E-state index contributed by atoms with van der Waals surface area (Å²) in [5.74, 6) is 0. The number of benzene rings is 2. The second kappa shape index (κ2) is 6.40. The SMILES string of the molecule is N#C[C@@H]1ON(Cc2ccccc2)[C@@H](c2ccccc2)[C@H]1Br.